The van der Waals surface area contributed by atoms with E-state index < -0.39 is 17.8 Å². The molecule has 5 heteroatoms. The molecule has 0 radical (unpaired) electrons. The second kappa shape index (κ2) is 8.51. The lowest BCUT2D eigenvalue weighted by molar-refractivity contribution is -0.122. The van der Waals surface area contributed by atoms with Crippen molar-refractivity contribution in [2.45, 2.75) is 11.8 Å². The van der Waals surface area contributed by atoms with Crippen molar-refractivity contribution >= 4 is 23.5 Å². The van der Waals surface area contributed by atoms with Gasteiger partial charge in [0.05, 0.1) is 30.2 Å². The molecule has 1 saturated heterocycles. The minimum Gasteiger partial charge on any atom is -0.465 e. The number of benzene rings is 3. The lowest BCUT2D eigenvalue weighted by Crippen LogP contribution is -2.31. The van der Waals surface area contributed by atoms with Gasteiger partial charge in [-0.3, -0.25) is 9.59 Å². The van der Waals surface area contributed by atoms with Gasteiger partial charge in [0.15, 0.2) is 0 Å². The molecule has 4 atom stereocenters. The molecule has 2 aliphatic rings. The van der Waals surface area contributed by atoms with E-state index in [0.717, 1.165) is 11.1 Å². The summed E-state index contributed by atoms with van der Waals surface area (Å²) in [5, 5.41) is 0. The number of carbonyl (C=O) groups is 3. The number of methoxy groups -OCH3 is 1. The SMILES string of the molecule is COC(=O)c1ccc(N2C(=O)[C@@H]3[C@H](C2=O)[C@H](c2ccccc2)C=C[C@@H]3c2ccccc2)cc1. The zero-order valence-corrected chi connectivity index (χ0v) is 18.1. The number of hydrogen-bond donors (Lipinski definition) is 0. The van der Waals surface area contributed by atoms with Crippen molar-refractivity contribution in [1.29, 1.82) is 0 Å². The van der Waals surface area contributed by atoms with Crippen LogP contribution in [0, 0.1) is 11.8 Å². The average molecular weight is 437 g/mol. The summed E-state index contributed by atoms with van der Waals surface area (Å²) < 4.78 is 4.75. The van der Waals surface area contributed by atoms with Crippen LogP contribution in [0.25, 0.3) is 0 Å². The zero-order chi connectivity index (χ0) is 22.9. The smallest absolute Gasteiger partial charge is 0.337 e. The molecule has 1 fully saturated rings. The topological polar surface area (TPSA) is 63.7 Å². The lowest BCUT2D eigenvalue weighted by atomic mass is 9.68. The number of fused-ring (bicyclic) bond motifs is 1. The summed E-state index contributed by atoms with van der Waals surface area (Å²) in [6.07, 6.45) is 4.15. The van der Waals surface area contributed by atoms with Crippen LogP contribution in [0.1, 0.15) is 33.3 Å². The fourth-order valence-electron chi connectivity index (χ4n) is 5.05. The second-order valence-electron chi connectivity index (χ2n) is 8.36. The van der Waals surface area contributed by atoms with Crippen LogP contribution in [-0.2, 0) is 14.3 Å². The van der Waals surface area contributed by atoms with Crippen molar-refractivity contribution in [2.75, 3.05) is 12.0 Å². The first kappa shape index (κ1) is 20.9. The van der Waals surface area contributed by atoms with E-state index in [2.05, 4.69) is 12.2 Å². The van der Waals surface area contributed by atoms with Gasteiger partial charge in [-0.05, 0) is 35.4 Å². The van der Waals surface area contributed by atoms with E-state index in [9.17, 15) is 14.4 Å². The molecular weight excluding hydrogens is 414 g/mol. The Bertz CT molecular complexity index is 1150. The molecule has 3 aromatic carbocycles. The fourth-order valence-corrected chi connectivity index (χ4v) is 5.05. The van der Waals surface area contributed by atoms with Crippen molar-refractivity contribution in [1.82, 2.24) is 0 Å². The minimum absolute atomic E-state index is 0.188. The Kier molecular flexibility index (Phi) is 5.38. The molecule has 0 unspecified atom stereocenters. The van der Waals surface area contributed by atoms with Gasteiger partial charge in [-0.1, -0.05) is 72.8 Å². The number of rotatable bonds is 4. The second-order valence-corrected chi connectivity index (χ2v) is 8.36. The van der Waals surface area contributed by atoms with E-state index in [1.165, 1.54) is 12.0 Å². The van der Waals surface area contributed by atoms with Crippen LogP contribution in [0.2, 0.25) is 0 Å². The van der Waals surface area contributed by atoms with Gasteiger partial charge in [0, 0.05) is 11.8 Å². The third-order valence-corrected chi connectivity index (χ3v) is 6.61. The number of hydrogen-bond acceptors (Lipinski definition) is 4. The molecule has 1 heterocycles. The highest BCUT2D eigenvalue weighted by atomic mass is 16.5. The molecule has 0 saturated carbocycles. The maximum Gasteiger partial charge on any atom is 0.337 e. The maximum atomic E-state index is 13.8. The number of imide groups is 1. The quantitative estimate of drug-likeness (QED) is 0.337. The van der Waals surface area contributed by atoms with Gasteiger partial charge < -0.3 is 4.74 Å². The summed E-state index contributed by atoms with van der Waals surface area (Å²) in [6, 6.07) is 26.1. The van der Waals surface area contributed by atoms with E-state index in [-0.39, 0.29) is 23.7 Å². The van der Waals surface area contributed by atoms with Crippen LogP contribution in [0.5, 0.6) is 0 Å². The van der Waals surface area contributed by atoms with Crippen molar-refractivity contribution in [3.63, 3.8) is 0 Å². The summed E-state index contributed by atoms with van der Waals surface area (Å²) in [5.74, 6) is -2.28. The molecule has 1 aliphatic heterocycles. The van der Waals surface area contributed by atoms with E-state index in [1.54, 1.807) is 24.3 Å². The number of ether oxygens (including phenoxy) is 1. The number of carbonyl (C=O) groups excluding carboxylic acids is 3. The van der Waals surface area contributed by atoms with Crippen molar-refractivity contribution in [3.8, 4) is 0 Å². The van der Waals surface area contributed by atoms with Crippen molar-refractivity contribution in [2.24, 2.45) is 11.8 Å². The van der Waals surface area contributed by atoms with E-state index in [1.807, 2.05) is 60.7 Å². The fraction of sp³-hybridized carbons (Fsp3) is 0.179. The van der Waals surface area contributed by atoms with E-state index in [4.69, 9.17) is 4.74 Å². The predicted octanol–water partition coefficient (Wildman–Crippen LogP) is 4.72. The van der Waals surface area contributed by atoms with Crippen LogP contribution in [0.4, 0.5) is 5.69 Å². The van der Waals surface area contributed by atoms with Crippen LogP contribution in [-0.4, -0.2) is 24.9 Å². The number of allylic oxidation sites excluding steroid dienone is 2. The molecule has 164 valence electrons. The molecule has 0 spiro atoms. The van der Waals surface area contributed by atoms with Crippen molar-refractivity contribution in [3.05, 3.63) is 114 Å². The van der Waals surface area contributed by atoms with Gasteiger partial charge in [0.1, 0.15) is 0 Å². The van der Waals surface area contributed by atoms with Gasteiger partial charge in [0.25, 0.3) is 0 Å². The number of esters is 1. The van der Waals surface area contributed by atoms with Gasteiger partial charge in [-0.25, -0.2) is 9.69 Å². The molecule has 2 amide bonds. The Morgan fingerprint density at radius 3 is 1.58 bits per heavy atom. The Hall–Kier alpha value is -3.99. The van der Waals surface area contributed by atoms with Crippen LogP contribution >= 0.6 is 0 Å². The molecular formula is C28H23NO4. The Morgan fingerprint density at radius 2 is 1.15 bits per heavy atom. The standard InChI is InChI=1S/C28H23NO4/c1-33-28(32)20-12-14-21(15-13-20)29-26(30)24-22(18-8-4-2-5-9-18)16-17-23(25(24)27(29)31)19-10-6-3-7-11-19/h2-17,22-25H,1H3/t22-,23+,24+,25-. The lowest BCUT2D eigenvalue weighted by Gasteiger charge is -2.32. The van der Waals surface area contributed by atoms with Crippen LogP contribution < -0.4 is 4.90 Å². The third kappa shape index (κ3) is 3.55. The van der Waals surface area contributed by atoms with E-state index >= 15 is 0 Å². The van der Waals surface area contributed by atoms with Gasteiger partial charge in [-0.15, -0.1) is 0 Å². The zero-order valence-electron chi connectivity index (χ0n) is 18.1. The Morgan fingerprint density at radius 1 is 0.697 bits per heavy atom. The van der Waals surface area contributed by atoms with Crippen LogP contribution in [0.3, 0.4) is 0 Å². The predicted molar refractivity (Wildman–Crippen MR) is 125 cm³/mol. The Balaban J connectivity index is 1.58. The molecule has 0 aromatic heterocycles. The Labute approximate surface area is 192 Å². The number of anilines is 1. The summed E-state index contributed by atoms with van der Waals surface area (Å²) in [7, 11) is 1.31. The largest absolute Gasteiger partial charge is 0.465 e. The molecule has 5 nitrogen and oxygen atoms in total. The first-order valence-electron chi connectivity index (χ1n) is 10.9. The summed E-state index contributed by atoms with van der Waals surface area (Å²) in [6.45, 7) is 0. The highest BCUT2D eigenvalue weighted by molar-refractivity contribution is 6.23. The molecule has 0 N–H and O–H groups in total. The van der Waals surface area contributed by atoms with Crippen LogP contribution in [0.15, 0.2) is 97.1 Å². The molecule has 1 aliphatic carbocycles. The molecule has 3 aromatic rings. The van der Waals surface area contributed by atoms with Gasteiger partial charge in [0.2, 0.25) is 11.8 Å². The maximum absolute atomic E-state index is 13.8. The minimum atomic E-state index is -0.504. The molecule has 33 heavy (non-hydrogen) atoms. The average Bonchev–Trinajstić information content (AvgIpc) is 3.14. The molecule has 0 bridgehead atoms. The number of amides is 2. The van der Waals surface area contributed by atoms with Gasteiger partial charge in [-0.2, -0.15) is 0 Å². The van der Waals surface area contributed by atoms with E-state index in [0.29, 0.717) is 11.3 Å². The highest BCUT2D eigenvalue weighted by Crippen LogP contribution is 2.50. The summed E-state index contributed by atoms with van der Waals surface area (Å²) >= 11 is 0. The van der Waals surface area contributed by atoms with Crippen molar-refractivity contribution < 1.29 is 19.1 Å². The monoisotopic (exact) mass is 437 g/mol. The normalized spacial score (nSPS) is 24.0. The molecule has 5 rings (SSSR count). The summed E-state index contributed by atoms with van der Waals surface area (Å²) in [4.78, 5) is 40.6. The summed E-state index contributed by atoms with van der Waals surface area (Å²) in [5.41, 5.74) is 2.85. The number of nitrogens with zero attached hydrogens (tertiary/aromatic N) is 1. The highest BCUT2D eigenvalue weighted by Gasteiger charge is 2.55. The van der Waals surface area contributed by atoms with Gasteiger partial charge >= 0.3 is 5.97 Å². The first-order valence-corrected chi connectivity index (χ1v) is 10.9. The first-order chi connectivity index (χ1) is 16.1. The third-order valence-electron chi connectivity index (χ3n) is 6.61.